The van der Waals surface area contributed by atoms with Crippen LogP contribution in [0.5, 0.6) is 0 Å². The SMILES string of the molecule is CN(CCc1cccs1)C(=O)C1(N)CCC1. The van der Waals surface area contributed by atoms with E-state index in [1.54, 1.807) is 16.2 Å². The molecule has 0 bridgehead atoms. The van der Waals surface area contributed by atoms with Crippen LogP contribution in [0.15, 0.2) is 17.5 Å². The van der Waals surface area contributed by atoms with E-state index < -0.39 is 5.54 Å². The van der Waals surface area contributed by atoms with Gasteiger partial charge in [-0.15, -0.1) is 11.3 Å². The highest BCUT2D eigenvalue weighted by Crippen LogP contribution is 2.30. The van der Waals surface area contributed by atoms with Gasteiger partial charge in [0.05, 0.1) is 5.54 Å². The molecule has 1 aliphatic carbocycles. The molecule has 0 aromatic carbocycles. The Morgan fingerprint density at radius 3 is 2.88 bits per heavy atom. The molecule has 2 rings (SSSR count). The number of likely N-dealkylation sites (N-methyl/N-ethyl adjacent to an activating group) is 1. The normalized spacial score (nSPS) is 17.9. The number of hydrogen-bond donors (Lipinski definition) is 1. The highest BCUT2D eigenvalue weighted by Gasteiger charge is 2.41. The summed E-state index contributed by atoms with van der Waals surface area (Å²) < 4.78 is 0. The largest absolute Gasteiger partial charge is 0.344 e. The molecule has 0 atom stereocenters. The van der Waals surface area contributed by atoms with Crippen LogP contribution in [-0.2, 0) is 11.2 Å². The highest BCUT2D eigenvalue weighted by atomic mass is 32.1. The first-order valence-electron chi connectivity index (χ1n) is 5.69. The molecule has 1 heterocycles. The molecule has 1 aliphatic rings. The van der Waals surface area contributed by atoms with Gasteiger partial charge in [0.25, 0.3) is 0 Å². The van der Waals surface area contributed by atoms with E-state index in [1.807, 2.05) is 13.1 Å². The summed E-state index contributed by atoms with van der Waals surface area (Å²) in [7, 11) is 1.85. The van der Waals surface area contributed by atoms with Gasteiger partial charge in [-0.25, -0.2) is 0 Å². The number of amides is 1. The molecule has 4 heteroatoms. The first-order chi connectivity index (χ1) is 7.62. The molecule has 1 fully saturated rings. The standard InChI is InChI=1S/C12H18N2OS/c1-14(8-5-10-4-2-9-16-10)11(15)12(13)6-3-7-12/h2,4,9H,3,5-8,13H2,1H3. The number of rotatable bonds is 4. The summed E-state index contributed by atoms with van der Waals surface area (Å²) >= 11 is 1.73. The van der Waals surface area contributed by atoms with Crippen LogP contribution in [0.4, 0.5) is 0 Å². The molecule has 16 heavy (non-hydrogen) atoms. The van der Waals surface area contributed by atoms with Crippen molar-refractivity contribution in [3.8, 4) is 0 Å². The fraction of sp³-hybridized carbons (Fsp3) is 0.583. The van der Waals surface area contributed by atoms with Crippen LogP contribution in [-0.4, -0.2) is 29.9 Å². The molecule has 1 aromatic heterocycles. The molecule has 0 aliphatic heterocycles. The van der Waals surface area contributed by atoms with Crippen LogP contribution in [0.3, 0.4) is 0 Å². The Bertz CT molecular complexity index is 357. The van der Waals surface area contributed by atoms with Crippen LogP contribution in [0.1, 0.15) is 24.1 Å². The van der Waals surface area contributed by atoms with Gasteiger partial charge in [-0.3, -0.25) is 4.79 Å². The maximum atomic E-state index is 12.0. The lowest BCUT2D eigenvalue weighted by Crippen LogP contribution is -2.58. The number of thiophene rings is 1. The van der Waals surface area contributed by atoms with E-state index in [1.165, 1.54) is 4.88 Å². The van der Waals surface area contributed by atoms with Gasteiger partial charge in [0, 0.05) is 18.5 Å². The lowest BCUT2D eigenvalue weighted by atomic mass is 9.76. The molecule has 0 saturated heterocycles. The second-order valence-electron chi connectivity index (χ2n) is 4.57. The predicted molar refractivity (Wildman–Crippen MR) is 66.4 cm³/mol. The molecule has 1 aromatic rings. The maximum Gasteiger partial charge on any atom is 0.242 e. The van der Waals surface area contributed by atoms with Gasteiger partial charge in [0.2, 0.25) is 5.91 Å². The van der Waals surface area contributed by atoms with Crippen molar-refractivity contribution >= 4 is 17.2 Å². The van der Waals surface area contributed by atoms with Crippen molar-refractivity contribution in [3.05, 3.63) is 22.4 Å². The van der Waals surface area contributed by atoms with Crippen molar-refractivity contribution < 1.29 is 4.79 Å². The molecule has 0 unspecified atom stereocenters. The fourth-order valence-electron chi connectivity index (χ4n) is 1.99. The molecule has 1 saturated carbocycles. The molecule has 3 nitrogen and oxygen atoms in total. The van der Waals surface area contributed by atoms with E-state index in [0.717, 1.165) is 32.2 Å². The highest BCUT2D eigenvalue weighted by molar-refractivity contribution is 7.09. The van der Waals surface area contributed by atoms with Crippen molar-refractivity contribution in [2.45, 2.75) is 31.2 Å². The predicted octanol–water partition coefficient (Wildman–Crippen LogP) is 1.63. The van der Waals surface area contributed by atoms with E-state index in [-0.39, 0.29) is 5.91 Å². The summed E-state index contributed by atoms with van der Waals surface area (Å²) in [4.78, 5) is 15.1. The lowest BCUT2D eigenvalue weighted by molar-refractivity contribution is -0.138. The summed E-state index contributed by atoms with van der Waals surface area (Å²) in [6.45, 7) is 0.762. The van der Waals surface area contributed by atoms with Crippen molar-refractivity contribution in [1.29, 1.82) is 0 Å². The lowest BCUT2D eigenvalue weighted by Gasteiger charge is -2.39. The third-order valence-electron chi connectivity index (χ3n) is 3.29. The summed E-state index contributed by atoms with van der Waals surface area (Å²) in [6.07, 6.45) is 3.70. The third kappa shape index (κ3) is 2.28. The Kier molecular flexibility index (Phi) is 3.30. The second-order valence-corrected chi connectivity index (χ2v) is 5.60. The monoisotopic (exact) mass is 238 g/mol. The Morgan fingerprint density at radius 2 is 2.38 bits per heavy atom. The topological polar surface area (TPSA) is 46.3 Å². The van der Waals surface area contributed by atoms with E-state index >= 15 is 0 Å². The van der Waals surface area contributed by atoms with Gasteiger partial charge < -0.3 is 10.6 Å². The van der Waals surface area contributed by atoms with Gasteiger partial charge in [-0.2, -0.15) is 0 Å². The minimum atomic E-state index is -0.551. The Labute approximate surface area is 100 Å². The zero-order valence-electron chi connectivity index (χ0n) is 9.61. The fourth-order valence-corrected chi connectivity index (χ4v) is 2.68. The van der Waals surface area contributed by atoms with Crippen LogP contribution in [0.25, 0.3) is 0 Å². The van der Waals surface area contributed by atoms with Crippen LogP contribution < -0.4 is 5.73 Å². The van der Waals surface area contributed by atoms with Gasteiger partial charge in [0.15, 0.2) is 0 Å². The number of nitrogens with zero attached hydrogens (tertiary/aromatic N) is 1. The zero-order chi connectivity index (χ0) is 11.6. The first kappa shape index (κ1) is 11.6. The van der Waals surface area contributed by atoms with Gasteiger partial charge in [-0.05, 0) is 37.1 Å². The zero-order valence-corrected chi connectivity index (χ0v) is 10.4. The Balaban J connectivity index is 1.83. The smallest absolute Gasteiger partial charge is 0.242 e. The average molecular weight is 238 g/mol. The van der Waals surface area contributed by atoms with Crippen molar-refractivity contribution in [1.82, 2.24) is 4.90 Å². The van der Waals surface area contributed by atoms with E-state index in [9.17, 15) is 4.79 Å². The van der Waals surface area contributed by atoms with Crippen molar-refractivity contribution in [2.75, 3.05) is 13.6 Å². The van der Waals surface area contributed by atoms with Crippen molar-refractivity contribution in [2.24, 2.45) is 5.73 Å². The number of nitrogens with two attached hydrogens (primary N) is 1. The summed E-state index contributed by atoms with van der Waals surface area (Å²) in [5.74, 6) is 0.107. The Hall–Kier alpha value is -0.870. The number of carbonyl (C=O) groups is 1. The molecular formula is C12H18N2OS. The molecule has 1 amide bonds. The van der Waals surface area contributed by atoms with E-state index in [0.29, 0.717) is 0 Å². The summed E-state index contributed by atoms with van der Waals surface area (Å²) in [6, 6.07) is 4.14. The third-order valence-corrected chi connectivity index (χ3v) is 4.23. The van der Waals surface area contributed by atoms with Crippen molar-refractivity contribution in [3.63, 3.8) is 0 Å². The Morgan fingerprint density at radius 1 is 1.62 bits per heavy atom. The molecule has 0 spiro atoms. The second kappa shape index (κ2) is 4.55. The van der Waals surface area contributed by atoms with Gasteiger partial charge in [-0.1, -0.05) is 6.07 Å². The molecule has 0 radical (unpaired) electrons. The van der Waals surface area contributed by atoms with E-state index in [2.05, 4.69) is 11.4 Å². The molecule has 2 N–H and O–H groups in total. The van der Waals surface area contributed by atoms with E-state index in [4.69, 9.17) is 5.73 Å². The van der Waals surface area contributed by atoms with Crippen LogP contribution in [0, 0.1) is 0 Å². The molecule has 88 valence electrons. The quantitative estimate of drug-likeness (QED) is 0.866. The van der Waals surface area contributed by atoms with Crippen LogP contribution >= 0.6 is 11.3 Å². The first-order valence-corrected chi connectivity index (χ1v) is 6.57. The minimum absolute atomic E-state index is 0.107. The van der Waals surface area contributed by atoms with Crippen LogP contribution in [0.2, 0.25) is 0 Å². The summed E-state index contributed by atoms with van der Waals surface area (Å²) in [5, 5.41) is 2.06. The minimum Gasteiger partial charge on any atom is -0.344 e. The molecular weight excluding hydrogens is 220 g/mol. The summed E-state index contributed by atoms with van der Waals surface area (Å²) in [5.41, 5.74) is 5.46. The van der Waals surface area contributed by atoms with Gasteiger partial charge >= 0.3 is 0 Å². The average Bonchev–Trinajstić information content (AvgIpc) is 2.74. The van der Waals surface area contributed by atoms with Gasteiger partial charge in [0.1, 0.15) is 0 Å². The number of hydrogen-bond acceptors (Lipinski definition) is 3. The number of carbonyl (C=O) groups excluding carboxylic acids is 1. The maximum absolute atomic E-state index is 12.0.